The smallest absolute Gasteiger partial charge is 0.334 e. The van der Waals surface area contributed by atoms with E-state index in [0.29, 0.717) is 0 Å². The van der Waals surface area contributed by atoms with E-state index in [4.69, 9.17) is 4.84 Å². The van der Waals surface area contributed by atoms with Gasteiger partial charge in [-0.05, 0) is 75.5 Å². The normalized spacial score (nSPS) is 11.0. The molecule has 0 atom stereocenters. The first-order valence-corrected chi connectivity index (χ1v) is 12.9. The highest BCUT2D eigenvalue weighted by Gasteiger charge is 2.20. The summed E-state index contributed by atoms with van der Waals surface area (Å²) in [5, 5.41) is 2.38. The Morgan fingerprint density at radius 3 is 2.21 bits per heavy atom. The van der Waals surface area contributed by atoms with Crippen molar-refractivity contribution in [3.8, 4) is 0 Å². The van der Waals surface area contributed by atoms with E-state index in [1.165, 1.54) is 52.7 Å². The minimum atomic E-state index is -4.03. The maximum atomic E-state index is 12.3. The first-order chi connectivity index (χ1) is 16.0. The molecule has 34 heavy (non-hydrogen) atoms. The Bertz CT molecular complexity index is 1100. The van der Waals surface area contributed by atoms with E-state index in [2.05, 4.69) is 10.8 Å². The fraction of sp³-hybridized carbons (Fsp3) is 0.318. The van der Waals surface area contributed by atoms with E-state index in [-0.39, 0.29) is 22.2 Å². The highest BCUT2D eigenvalue weighted by molar-refractivity contribution is 7.97. The van der Waals surface area contributed by atoms with Crippen LogP contribution in [-0.4, -0.2) is 42.5 Å². The molecule has 0 fully saturated rings. The Morgan fingerprint density at radius 1 is 1.03 bits per heavy atom. The van der Waals surface area contributed by atoms with Gasteiger partial charge in [0.25, 0.3) is 10.0 Å². The largest absolute Gasteiger partial charge is 0.363 e. The third-order valence-electron chi connectivity index (χ3n) is 4.27. The lowest BCUT2D eigenvalue weighted by atomic mass is 10.2. The standard InChI is InChI=1S/C22H28N4O6S2/c1-5-14-33-26(15(2)3)22(29)24-32-20(27)17-8-10-18(11-9-17)23-21(28)25-34(30,31)19-12-6-16(4)7-13-19/h6-13,15H,5,14H2,1-4H3,(H,24,29)(H2,23,25,28). The lowest BCUT2D eigenvalue weighted by Crippen LogP contribution is -2.40. The summed E-state index contributed by atoms with van der Waals surface area (Å²) in [6, 6.07) is 9.96. The molecule has 0 spiro atoms. The number of amides is 4. The molecule has 0 bridgehead atoms. The number of nitrogens with one attached hydrogen (secondary N) is 3. The van der Waals surface area contributed by atoms with Crippen LogP contribution in [0.15, 0.2) is 53.4 Å². The van der Waals surface area contributed by atoms with E-state index in [1.54, 1.807) is 12.1 Å². The van der Waals surface area contributed by atoms with Crippen molar-refractivity contribution in [2.75, 3.05) is 11.1 Å². The number of hydrogen-bond donors (Lipinski definition) is 3. The monoisotopic (exact) mass is 508 g/mol. The minimum Gasteiger partial charge on any atom is -0.334 e. The number of sulfonamides is 1. The first-order valence-electron chi connectivity index (χ1n) is 10.5. The van der Waals surface area contributed by atoms with Crippen LogP contribution in [0, 0.1) is 6.92 Å². The van der Waals surface area contributed by atoms with Crippen LogP contribution in [0.2, 0.25) is 0 Å². The number of carbonyl (C=O) groups is 3. The molecule has 184 valence electrons. The highest BCUT2D eigenvalue weighted by atomic mass is 32.2. The van der Waals surface area contributed by atoms with E-state index < -0.39 is 28.1 Å². The van der Waals surface area contributed by atoms with Crippen LogP contribution < -0.4 is 15.5 Å². The van der Waals surface area contributed by atoms with Crippen molar-refractivity contribution in [1.82, 2.24) is 14.5 Å². The van der Waals surface area contributed by atoms with Crippen LogP contribution in [0.5, 0.6) is 0 Å². The van der Waals surface area contributed by atoms with Crippen molar-refractivity contribution in [1.29, 1.82) is 0 Å². The second kappa shape index (κ2) is 12.3. The summed E-state index contributed by atoms with van der Waals surface area (Å²) in [5.41, 5.74) is 3.39. The molecule has 2 rings (SSSR count). The molecule has 12 heteroatoms. The molecule has 3 N–H and O–H groups in total. The summed E-state index contributed by atoms with van der Waals surface area (Å²) in [4.78, 5) is 41.4. The molecular formula is C22H28N4O6S2. The molecule has 2 aromatic rings. The zero-order chi connectivity index (χ0) is 25.3. The summed E-state index contributed by atoms with van der Waals surface area (Å²) in [6.45, 7) is 7.50. The van der Waals surface area contributed by atoms with Crippen molar-refractivity contribution in [2.45, 2.75) is 45.1 Å². The summed E-state index contributed by atoms with van der Waals surface area (Å²) in [6.07, 6.45) is 0.886. The van der Waals surface area contributed by atoms with E-state index >= 15 is 0 Å². The summed E-state index contributed by atoms with van der Waals surface area (Å²) < 4.78 is 28.0. The van der Waals surface area contributed by atoms with Gasteiger partial charge in [0.15, 0.2) is 0 Å². The molecule has 10 nitrogen and oxygen atoms in total. The second-order valence-electron chi connectivity index (χ2n) is 7.50. The van der Waals surface area contributed by atoms with Gasteiger partial charge < -0.3 is 10.2 Å². The third-order valence-corrected chi connectivity index (χ3v) is 7.07. The van der Waals surface area contributed by atoms with Gasteiger partial charge in [-0.1, -0.05) is 24.6 Å². The summed E-state index contributed by atoms with van der Waals surface area (Å²) >= 11 is 1.34. The predicted molar refractivity (Wildman–Crippen MR) is 131 cm³/mol. The summed E-state index contributed by atoms with van der Waals surface area (Å²) in [5.74, 6) is -0.0519. The molecule has 2 aromatic carbocycles. The molecule has 0 saturated carbocycles. The molecule has 4 amide bonds. The molecule has 0 unspecified atom stereocenters. The first kappa shape index (κ1) is 27.0. The minimum absolute atomic E-state index is 0.0440. The van der Waals surface area contributed by atoms with Crippen molar-refractivity contribution < 1.29 is 27.6 Å². The number of benzene rings is 2. The Morgan fingerprint density at radius 2 is 1.65 bits per heavy atom. The van der Waals surface area contributed by atoms with Gasteiger partial charge in [-0.15, -0.1) is 0 Å². The van der Waals surface area contributed by atoms with Crippen molar-refractivity contribution in [2.24, 2.45) is 0 Å². The van der Waals surface area contributed by atoms with Gasteiger partial charge in [0.05, 0.1) is 10.5 Å². The van der Waals surface area contributed by atoms with Gasteiger partial charge in [-0.25, -0.2) is 27.5 Å². The van der Waals surface area contributed by atoms with E-state index in [0.717, 1.165) is 17.7 Å². The van der Waals surface area contributed by atoms with Crippen LogP contribution in [0.25, 0.3) is 0 Å². The molecule has 0 aromatic heterocycles. The molecule has 0 saturated heterocycles. The lowest BCUT2D eigenvalue weighted by molar-refractivity contribution is 0.0304. The Labute approximate surface area is 203 Å². The average molecular weight is 509 g/mol. The maximum absolute atomic E-state index is 12.3. The number of urea groups is 2. The van der Waals surface area contributed by atoms with Crippen LogP contribution in [-0.2, 0) is 14.9 Å². The third kappa shape index (κ3) is 7.96. The number of hydroxylamine groups is 1. The van der Waals surface area contributed by atoms with Crippen molar-refractivity contribution in [3.05, 3.63) is 59.7 Å². The molecule has 0 heterocycles. The van der Waals surface area contributed by atoms with Crippen molar-refractivity contribution >= 4 is 45.7 Å². The zero-order valence-corrected chi connectivity index (χ0v) is 21.0. The molecular weight excluding hydrogens is 480 g/mol. The van der Waals surface area contributed by atoms with E-state index in [1.807, 2.05) is 32.4 Å². The number of anilines is 1. The number of nitrogens with zero attached hydrogens (tertiary/aromatic N) is 1. The van der Waals surface area contributed by atoms with Crippen LogP contribution in [0.4, 0.5) is 15.3 Å². The highest BCUT2D eigenvalue weighted by Crippen LogP contribution is 2.16. The van der Waals surface area contributed by atoms with Gasteiger partial charge >= 0.3 is 18.0 Å². The molecule has 0 radical (unpaired) electrons. The van der Waals surface area contributed by atoms with Gasteiger partial charge in [-0.3, -0.25) is 4.31 Å². The number of rotatable bonds is 8. The lowest BCUT2D eigenvalue weighted by Gasteiger charge is -2.24. The number of hydrogen-bond acceptors (Lipinski definition) is 7. The van der Waals surface area contributed by atoms with E-state index in [9.17, 15) is 22.8 Å². The molecule has 0 aliphatic rings. The molecule has 0 aliphatic heterocycles. The van der Waals surface area contributed by atoms with Crippen LogP contribution in [0.3, 0.4) is 0 Å². The maximum Gasteiger partial charge on any atom is 0.363 e. The SMILES string of the molecule is CCCSN(C(=O)NOC(=O)c1ccc(NC(=O)NS(=O)(=O)c2ccc(C)cc2)cc1)C(C)C. The van der Waals surface area contributed by atoms with Crippen molar-refractivity contribution in [3.63, 3.8) is 0 Å². The topological polar surface area (TPSA) is 134 Å². The second-order valence-corrected chi connectivity index (χ2v) is 10.2. The van der Waals surface area contributed by atoms with Gasteiger partial charge in [0.1, 0.15) is 0 Å². The van der Waals surface area contributed by atoms with Crippen LogP contribution in [0.1, 0.15) is 43.1 Å². The zero-order valence-electron chi connectivity index (χ0n) is 19.3. The quantitative estimate of drug-likeness (QED) is 0.362. The Balaban J connectivity index is 1.91. The van der Waals surface area contributed by atoms with Gasteiger partial charge in [-0.2, -0.15) is 5.48 Å². The Kier molecular flexibility index (Phi) is 9.75. The number of aryl methyl sites for hydroxylation is 1. The van der Waals surface area contributed by atoms with Crippen LogP contribution >= 0.6 is 11.9 Å². The predicted octanol–water partition coefficient (Wildman–Crippen LogP) is 4.06. The average Bonchev–Trinajstić information content (AvgIpc) is 2.77. The summed E-state index contributed by atoms with van der Waals surface area (Å²) in [7, 11) is -4.03. The number of carbonyl (C=O) groups excluding carboxylic acids is 3. The fourth-order valence-corrected chi connectivity index (χ4v) is 4.31. The molecule has 0 aliphatic carbocycles. The fourth-order valence-electron chi connectivity index (χ4n) is 2.57. The van der Waals surface area contributed by atoms with Gasteiger partial charge in [0.2, 0.25) is 0 Å². The van der Waals surface area contributed by atoms with Gasteiger partial charge in [0, 0.05) is 17.5 Å². The Hall–Kier alpha value is -3.25.